The van der Waals surface area contributed by atoms with Crippen LogP contribution in [0.4, 0.5) is 0 Å². The molecule has 0 aliphatic rings. The number of carbonyl (C=O) groups is 2. The minimum atomic E-state index is -1.12. The summed E-state index contributed by atoms with van der Waals surface area (Å²) in [5, 5.41) is 11.5. The average Bonchev–Trinajstić information content (AvgIpc) is 3.02. The summed E-state index contributed by atoms with van der Waals surface area (Å²) in [4.78, 5) is 22.7. The molecular weight excluding hydrogens is 294 g/mol. The molecule has 1 amide bonds. The molecule has 1 aromatic carbocycles. The molecular formula is C18H21NO4. The number of benzene rings is 1. The standard InChI is InChI=1S/C18H21NO4/c1-3-13-4-6-14(7-5-13)12(2)10-17(20)19-11-15-8-9-16(23-15)18(21)22/h4-9,12H,3,10-11H2,1-2H3,(H,19,20)(H,21,22). The van der Waals surface area contributed by atoms with Crippen LogP contribution in [-0.2, 0) is 17.8 Å². The number of amides is 1. The quantitative estimate of drug-likeness (QED) is 0.821. The number of hydrogen-bond acceptors (Lipinski definition) is 3. The first-order valence-electron chi connectivity index (χ1n) is 7.67. The van der Waals surface area contributed by atoms with Gasteiger partial charge in [0.15, 0.2) is 0 Å². The van der Waals surface area contributed by atoms with Crippen molar-refractivity contribution in [1.29, 1.82) is 0 Å². The lowest BCUT2D eigenvalue weighted by Crippen LogP contribution is -2.23. The Bertz CT molecular complexity index is 673. The van der Waals surface area contributed by atoms with Crippen LogP contribution in [0.1, 0.15) is 53.6 Å². The van der Waals surface area contributed by atoms with Gasteiger partial charge < -0.3 is 14.8 Å². The summed E-state index contributed by atoms with van der Waals surface area (Å²) in [7, 11) is 0. The Morgan fingerprint density at radius 2 is 1.87 bits per heavy atom. The zero-order valence-corrected chi connectivity index (χ0v) is 13.3. The molecule has 0 fully saturated rings. The van der Waals surface area contributed by atoms with E-state index in [0.717, 1.165) is 12.0 Å². The molecule has 1 aromatic heterocycles. The molecule has 23 heavy (non-hydrogen) atoms. The third kappa shape index (κ3) is 4.71. The lowest BCUT2D eigenvalue weighted by molar-refractivity contribution is -0.121. The summed E-state index contributed by atoms with van der Waals surface area (Å²) in [6.07, 6.45) is 1.37. The average molecular weight is 315 g/mol. The molecule has 5 heteroatoms. The third-order valence-corrected chi connectivity index (χ3v) is 3.78. The minimum absolute atomic E-state index is 0.0923. The Labute approximate surface area is 135 Å². The van der Waals surface area contributed by atoms with E-state index >= 15 is 0 Å². The van der Waals surface area contributed by atoms with E-state index in [1.54, 1.807) is 6.07 Å². The van der Waals surface area contributed by atoms with E-state index in [0.29, 0.717) is 12.2 Å². The monoisotopic (exact) mass is 315 g/mol. The second kappa shape index (κ2) is 7.63. The van der Waals surface area contributed by atoms with E-state index in [1.165, 1.54) is 11.6 Å². The largest absolute Gasteiger partial charge is 0.475 e. The number of rotatable bonds is 7. The van der Waals surface area contributed by atoms with Gasteiger partial charge in [-0.2, -0.15) is 0 Å². The second-order valence-electron chi connectivity index (χ2n) is 5.55. The van der Waals surface area contributed by atoms with E-state index in [4.69, 9.17) is 9.52 Å². The van der Waals surface area contributed by atoms with Crippen LogP contribution in [-0.4, -0.2) is 17.0 Å². The van der Waals surface area contributed by atoms with Crippen molar-refractivity contribution in [2.75, 3.05) is 0 Å². The molecule has 0 bridgehead atoms. The summed E-state index contributed by atoms with van der Waals surface area (Å²) < 4.78 is 5.10. The van der Waals surface area contributed by atoms with Gasteiger partial charge in [-0.25, -0.2) is 4.79 Å². The van der Waals surface area contributed by atoms with Gasteiger partial charge in [-0.1, -0.05) is 38.1 Å². The van der Waals surface area contributed by atoms with Gasteiger partial charge in [-0.15, -0.1) is 0 Å². The molecule has 122 valence electrons. The molecule has 0 saturated heterocycles. The molecule has 1 heterocycles. The van der Waals surface area contributed by atoms with Gasteiger partial charge in [-0.05, 0) is 35.6 Å². The molecule has 1 unspecified atom stereocenters. The number of carbonyl (C=O) groups excluding carboxylic acids is 1. The SMILES string of the molecule is CCc1ccc(C(C)CC(=O)NCc2ccc(C(=O)O)o2)cc1. The van der Waals surface area contributed by atoms with Crippen molar-refractivity contribution in [3.05, 3.63) is 59.0 Å². The fraction of sp³-hybridized carbons (Fsp3) is 0.333. The molecule has 5 nitrogen and oxygen atoms in total. The number of carboxylic acids is 1. The van der Waals surface area contributed by atoms with Crippen molar-refractivity contribution in [2.24, 2.45) is 0 Å². The van der Waals surface area contributed by atoms with Gasteiger partial charge in [-0.3, -0.25) is 4.79 Å². The van der Waals surface area contributed by atoms with Crippen LogP contribution in [0.3, 0.4) is 0 Å². The zero-order chi connectivity index (χ0) is 16.8. The minimum Gasteiger partial charge on any atom is -0.475 e. The van der Waals surface area contributed by atoms with Crippen LogP contribution in [0.15, 0.2) is 40.8 Å². The Hall–Kier alpha value is -2.56. The molecule has 0 spiro atoms. The number of nitrogens with one attached hydrogen (secondary N) is 1. The van der Waals surface area contributed by atoms with Gasteiger partial charge in [0.05, 0.1) is 6.54 Å². The molecule has 0 aliphatic carbocycles. The van der Waals surface area contributed by atoms with E-state index in [9.17, 15) is 9.59 Å². The third-order valence-electron chi connectivity index (χ3n) is 3.78. The van der Waals surface area contributed by atoms with Crippen LogP contribution in [0.2, 0.25) is 0 Å². The maximum Gasteiger partial charge on any atom is 0.371 e. The van der Waals surface area contributed by atoms with Crippen molar-refractivity contribution in [3.8, 4) is 0 Å². The Morgan fingerprint density at radius 3 is 2.43 bits per heavy atom. The number of hydrogen-bond donors (Lipinski definition) is 2. The molecule has 0 aliphatic heterocycles. The number of carboxylic acid groups (broad SMARTS) is 1. The Morgan fingerprint density at radius 1 is 1.17 bits per heavy atom. The van der Waals surface area contributed by atoms with Crippen molar-refractivity contribution < 1.29 is 19.1 Å². The van der Waals surface area contributed by atoms with Gasteiger partial charge in [0, 0.05) is 6.42 Å². The fourth-order valence-corrected chi connectivity index (χ4v) is 2.32. The molecule has 1 atom stereocenters. The van der Waals surface area contributed by atoms with E-state index < -0.39 is 5.97 Å². The molecule has 2 N–H and O–H groups in total. The Kier molecular flexibility index (Phi) is 5.57. The summed E-state index contributed by atoms with van der Waals surface area (Å²) >= 11 is 0. The highest BCUT2D eigenvalue weighted by atomic mass is 16.4. The lowest BCUT2D eigenvalue weighted by Gasteiger charge is -2.12. The second-order valence-corrected chi connectivity index (χ2v) is 5.55. The van der Waals surface area contributed by atoms with Crippen LogP contribution in [0.5, 0.6) is 0 Å². The van der Waals surface area contributed by atoms with Gasteiger partial charge in [0.2, 0.25) is 11.7 Å². The van der Waals surface area contributed by atoms with Crippen LogP contribution >= 0.6 is 0 Å². The summed E-state index contributed by atoms with van der Waals surface area (Å²) in [5.41, 5.74) is 2.40. The van der Waals surface area contributed by atoms with Crippen molar-refractivity contribution in [3.63, 3.8) is 0 Å². The molecule has 2 rings (SSSR count). The number of aryl methyl sites for hydroxylation is 1. The Balaban J connectivity index is 1.84. The summed E-state index contributed by atoms with van der Waals surface area (Å²) in [6, 6.07) is 11.2. The maximum atomic E-state index is 12.0. The predicted octanol–water partition coefficient (Wildman–Crippen LogP) is 3.35. The van der Waals surface area contributed by atoms with E-state index in [2.05, 4.69) is 36.5 Å². The van der Waals surface area contributed by atoms with Crippen molar-refractivity contribution in [2.45, 2.75) is 39.2 Å². The highest BCUT2D eigenvalue weighted by Gasteiger charge is 2.13. The molecule has 2 aromatic rings. The van der Waals surface area contributed by atoms with Crippen molar-refractivity contribution >= 4 is 11.9 Å². The van der Waals surface area contributed by atoms with E-state index in [-0.39, 0.29) is 24.1 Å². The van der Waals surface area contributed by atoms with Crippen LogP contribution in [0, 0.1) is 0 Å². The molecule has 0 saturated carbocycles. The molecule has 0 radical (unpaired) electrons. The van der Waals surface area contributed by atoms with Gasteiger partial charge in [0.1, 0.15) is 5.76 Å². The maximum absolute atomic E-state index is 12.0. The topological polar surface area (TPSA) is 79.5 Å². The highest BCUT2D eigenvalue weighted by molar-refractivity contribution is 5.84. The first-order valence-corrected chi connectivity index (χ1v) is 7.67. The smallest absolute Gasteiger partial charge is 0.371 e. The van der Waals surface area contributed by atoms with Crippen LogP contribution < -0.4 is 5.32 Å². The summed E-state index contributed by atoms with van der Waals surface area (Å²) in [5.74, 6) is -0.793. The fourth-order valence-electron chi connectivity index (χ4n) is 2.32. The lowest BCUT2D eigenvalue weighted by atomic mass is 9.96. The predicted molar refractivity (Wildman–Crippen MR) is 86.4 cm³/mol. The summed E-state index contributed by atoms with van der Waals surface area (Å²) in [6.45, 7) is 4.31. The number of aromatic carboxylic acids is 1. The normalized spacial score (nSPS) is 11.9. The van der Waals surface area contributed by atoms with E-state index in [1.807, 2.05) is 6.92 Å². The number of furan rings is 1. The first kappa shape index (κ1) is 16.8. The first-order chi connectivity index (χ1) is 11.0. The van der Waals surface area contributed by atoms with Gasteiger partial charge in [0.25, 0.3) is 0 Å². The highest BCUT2D eigenvalue weighted by Crippen LogP contribution is 2.19. The van der Waals surface area contributed by atoms with Crippen molar-refractivity contribution in [1.82, 2.24) is 5.32 Å². The van der Waals surface area contributed by atoms with Crippen LogP contribution in [0.25, 0.3) is 0 Å². The zero-order valence-electron chi connectivity index (χ0n) is 13.3. The van der Waals surface area contributed by atoms with Gasteiger partial charge >= 0.3 is 5.97 Å².